The molecule has 0 saturated heterocycles. The Morgan fingerprint density at radius 1 is 0.806 bits per heavy atom. The van der Waals surface area contributed by atoms with Crippen LogP contribution in [0.25, 0.3) is 22.5 Å². The summed E-state index contributed by atoms with van der Waals surface area (Å²) in [5.41, 5.74) is 6.54. The van der Waals surface area contributed by atoms with Crippen LogP contribution in [0, 0.1) is 0 Å². The quantitative estimate of drug-likeness (QED) is 0.293. The van der Waals surface area contributed by atoms with Crippen LogP contribution in [0.5, 0.6) is 0 Å². The molecule has 4 aromatic carbocycles. The monoisotopic (exact) mass is 475 g/mol. The molecule has 1 heterocycles. The van der Waals surface area contributed by atoms with Crippen molar-refractivity contribution in [2.45, 2.75) is 13.0 Å². The summed E-state index contributed by atoms with van der Waals surface area (Å²) in [7, 11) is 0. The Morgan fingerprint density at radius 2 is 1.56 bits per heavy atom. The van der Waals surface area contributed by atoms with Gasteiger partial charge < -0.3 is 10.0 Å². The van der Waals surface area contributed by atoms with Gasteiger partial charge in [0, 0.05) is 24.3 Å². The number of anilines is 1. The van der Waals surface area contributed by atoms with Crippen LogP contribution in [0.1, 0.15) is 21.5 Å². The number of carboxylic acid groups (broad SMARTS) is 1. The molecule has 5 aromatic rings. The SMILES string of the molecule is O=C(O)c1cccc(N(CCc2ccccc2)Cc2ccc(-c3ccccc3-c3nn[nH]n3)cc2)c1. The molecule has 0 aliphatic rings. The standard InChI is InChI=1S/C29H25N5O2/c35-29(36)24-9-6-10-25(19-24)34(18-17-21-7-2-1-3-8-21)20-22-13-15-23(16-14-22)26-11-4-5-12-27(26)28-30-32-33-31-28/h1-16,19H,17-18,20H2,(H,35,36)(H,30,31,32,33). The first-order valence-electron chi connectivity index (χ1n) is 11.7. The molecule has 0 fully saturated rings. The number of hydrogen-bond acceptors (Lipinski definition) is 5. The molecule has 1 aromatic heterocycles. The van der Waals surface area contributed by atoms with Crippen LogP contribution in [-0.4, -0.2) is 38.2 Å². The highest BCUT2D eigenvalue weighted by Crippen LogP contribution is 2.30. The van der Waals surface area contributed by atoms with E-state index in [1.807, 2.05) is 48.5 Å². The minimum absolute atomic E-state index is 0.283. The van der Waals surface area contributed by atoms with Gasteiger partial charge in [0.25, 0.3) is 0 Å². The largest absolute Gasteiger partial charge is 0.478 e. The third-order valence-corrected chi connectivity index (χ3v) is 6.12. The highest BCUT2D eigenvalue weighted by molar-refractivity contribution is 5.88. The van der Waals surface area contributed by atoms with Crippen molar-refractivity contribution in [1.82, 2.24) is 20.6 Å². The minimum atomic E-state index is -0.926. The highest BCUT2D eigenvalue weighted by atomic mass is 16.4. The molecule has 0 aliphatic carbocycles. The van der Waals surface area contributed by atoms with E-state index in [0.717, 1.165) is 40.9 Å². The van der Waals surface area contributed by atoms with Crippen LogP contribution < -0.4 is 4.90 Å². The zero-order valence-corrected chi connectivity index (χ0v) is 19.6. The number of nitrogens with zero attached hydrogens (tertiary/aromatic N) is 4. The van der Waals surface area contributed by atoms with Crippen molar-refractivity contribution in [3.05, 3.63) is 120 Å². The Morgan fingerprint density at radius 3 is 2.28 bits per heavy atom. The van der Waals surface area contributed by atoms with Crippen LogP contribution in [-0.2, 0) is 13.0 Å². The van der Waals surface area contributed by atoms with E-state index in [4.69, 9.17) is 0 Å². The summed E-state index contributed by atoms with van der Waals surface area (Å²) >= 11 is 0. The Bertz CT molecular complexity index is 1430. The van der Waals surface area contributed by atoms with E-state index >= 15 is 0 Å². The van der Waals surface area contributed by atoms with E-state index < -0.39 is 5.97 Å². The first kappa shape index (κ1) is 23.0. The van der Waals surface area contributed by atoms with Crippen molar-refractivity contribution in [2.75, 3.05) is 11.4 Å². The number of carbonyl (C=O) groups is 1. The van der Waals surface area contributed by atoms with Gasteiger partial charge in [-0.25, -0.2) is 4.79 Å². The van der Waals surface area contributed by atoms with Crippen molar-refractivity contribution in [3.8, 4) is 22.5 Å². The molecule has 178 valence electrons. The van der Waals surface area contributed by atoms with E-state index in [9.17, 15) is 9.90 Å². The Balaban J connectivity index is 1.40. The number of tetrazole rings is 1. The molecule has 0 amide bonds. The van der Waals surface area contributed by atoms with Gasteiger partial charge in [-0.2, -0.15) is 5.21 Å². The van der Waals surface area contributed by atoms with Gasteiger partial charge in [0.15, 0.2) is 0 Å². The van der Waals surface area contributed by atoms with E-state index in [1.54, 1.807) is 18.2 Å². The van der Waals surface area contributed by atoms with Crippen LogP contribution in [0.4, 0.5) is 5.69 Å². The van der Waals surface area contributed by atoms with Gasteiger partial charge in [-0.1, -0.05) is 84.9 Å². The number of H-pyrrole nitrogens is 1. The van der Waals surface area contributed by atoms with Gasteiger partial charge in [0.2, 0.25) is 5.82 Å². The molecular weight excluding hydrogens is 450 g/mol. The zero-order valence-electron chi connectivity index (χ0n) is 19.6. The van der Waals surface area contributed by atoms with E-state index in [-0.39, 0.29) is 5.56 Å². The number of nitrogens with one attached hydrogen (secondary N) is 1. The number of aromatic carboxylic acids is 1. The van der Waals surface area contributed by atoms with E-state index in [1.165, 1.54) is 5.56 Å². The molecule has 2 N–H and O–H groups in total. The first-order valence-corrected chi connectivity index (χ1v) is 11.7. The molecular formula is C29H25N5O2. The van der Waals surface area contributed by atoms with Crippen LogP contribution in [0.2, 0.25) is 0 Å². The molecule has 0 spiro atoms. The smallest absolute Gasteiger partial charge is 0.335 e. The van der Waals surface area contributed by atoms with Crippen LogP contribution in [0.3, 0.4) is 0 Å². The van der Waals surface area contributed by atoms with E-state index in [0.29, 0.717) is 12.4 Å². The van der Waals surface area contributed by atoms with Crippen molar-refractivity contribution in [3.63, 3.8) is 0 Å². The van der Waals surface area contributed by atoms with Crippen molar-refractivity contribution >= 4 is 11.7 Å². The summed E-state index contributed by atoms with van der Waals surface area (Å²) in [4.78, 5) is 13.8. The second-order valence-corrected chi connectivity index (χ2v) is 8.49. The normalized spacial score (nSPS) is 10.8. The molecule has 7 nitrogen and oxygen atoms in total. The first-order chi connectivity index (χ1) is 17.7. The van der Waals surface area contributed by atoms with Crippen LogP contribution in [0.15, 0.2) is 103 Å². The fourth-order valence-electron chi connectivity index (χ4n) is 4.26. The van der Waals surface area contributed by atoms with Crippen LogP contribution >= 0.6 is 0 Å². The Kier molecular flexibility index (Phi) is 6.80. The number of hydrogen-bond donors (Lipinski definition) is 2. The maximum Gasteiger partial charge on any atom is 0.335 e. The molecule has 0 aliphatic heterocycles. The van der Waals surface area contributed by atoms with Gasteiger partial charge in [-0.3, -0.25) is 0 Å². The Hall–Kier alpha value is -4.78. The number of aromatic nitrogens is 4. The summed E-state index contributed by atoms with van der Waals surface area (Å²) in [6, 6.07) is 33.8. The van der Waals surface area contributed by atoms with Gasteiger partial charge in [-0.05, 0) is 52.1 Å². The second kappa shape index (κ2) is 10.7. The molecule has 0 atom stereocenters. The molecule has 0 bridgehead atoms. The molecule has 36 heavy (non-hydrogen) atoms. The lowest BCUT2D eigenvalue weighted by molar-refractivity contribution is 0.0697. The van der Waals surface area contributed by atoms with Crippen molar-refractivity contribution < 1.29 is 9.90 Å². The molecule has 5 rings (SSSR count). The maximum atomic E-state index is 11.6. The highest BCUT2D eigenvalue weighted by Gasteiger charge is 2.13. The number of benzene rings is 4. The fraction of sp³-hybridized carbons (Fsp3) is 0.103. The summed E-state index contributed by atoms with van der Waals surface area (Å²) in [6.07, 6.45) is 0.855. The molecule has 0 saturated carbocycles. The predicted molar refractivity (Wildman–Crippen MR) is 140 cm³/mol. The molecule has 0 radical (unpaired) electrons. The third kappa shape index (κ3) is 5.31. The molecule has 0 unspecified atom stereocenters. The van der Waals surface area contributed by atoms with Crippen molar-refractivity contribution in [2.24, 2.45) is 0 Å². The van der Waals surface area contributed by atoms with Gasteiger partial charge in [-0.15, -0.1) is 10.2 Å². The summed E-state index contributed by atoms with van der Waals surface area (Å²) in [5, 5.41) is 24.0. The summed E-state index contributed by atoms with van der Waals surface area (Å²) in [6.45, 7) is 1.41. The summed E-state index contributed by atoms with van der Waals surface area (Å²) in [5.74, 6) is -0.371. The number of aromatic amines is 1. The fourth-order valence-corrected chi connectivity index (χ4v) is 4.26. The lowest BCUT2D eigenvalue weighted by Gasteiger charge is -2.26. The zero-order chi connectivity index (χ0) is 24.7. The number of carboxylic acids is 1. The lowest BCUT2D eigenvalue weighted by atomic mass is 9.98. The van der Waals surface area contributed by atoms with Gasteiger partial charge in [0.05, 0.1) is 5.56 Å². The number of rotatable bonds is 9. The van der Waals surface area contributed by atoms with E-state index in [2.05, 4.69) is 61.9 Å². The minimum Gasteiger partial charge on any atom is -0.478 e. The molecule has 7 heteroatoms. The average molecular weight is 476 g/mol. The summed E-state index contributed by atoms with van der Waals surface area (Å²) < 4.78 is 0. The Labute approximate surface area is 209 Å². The maximum absolute atomic E-state index is 11.6. The van der Waals surface area contributed by atoms with Gasteiger partial charge >= 0.3 is 5.97 Å². The topological polar surface area (TPSA) is 95.0 Å². The van der Waals surface area contributed by atoms with Crippen molar-refractivity contribution in [1.29, 1.82) is 0 Å². The lowest BCUT2D eigenvalue weighted by Crippen LogP contribution is -2.25. The predicted octanol–water partition coefficient (Wildman–Crippen LogP) is 5.48. The van der Waals surface area contributed by atoms with Gasteiger partial charge in [0.1, 0.15) is 0 Å². The average Bonchev–Trinajstić information content (AvgIpc) is 3.47. The third-order valence-electron chi connectivity index (χ3n) is 6.12. The second-order valence-electron chi connectivity index (χ2n) is 8.49.